The lowest BCUT2D eigenvalue weighted by Crippen LogP contribution is -2.55. The number of carbonyl (C=O) groups is 1. The summed E-state index contributed by atoms with van der Waals surface area (Å²) in [6.07, 6.45) is 7.45. The molecule has 4 heteroatoms. The first-order chi connectivity index (χ1) is 9.03. The van der Waals surface area contributed by atoms with Crippen LogP contribution in [-0.4, -0.2) is 35.9 Å². The van der Waals surface area contributed by atoms with Gasteiger partial charge in [-0.25, -0.2) is 0 Å². The average molecular weight is 269 g/mol. The predicted octanol–water partition coefficient (Wildman–Crippen LogP) is 2.00. The SMILES string of the molecule is COC1(CC(=O)NC2(CO)CCC(C)CC2)CCC1. The topological polar surface area (TPSA) is 58.6 Å². The van der Waals surface area contributed by atoms with Crippen molar-refractivity contribution in [3.8, 4) is 0 Å². The van der Waals surface area contributed by atoms with E-state index in [1.165, 1.54) is 0 Å². The van der Waals surface area contributed by atoms with Gasteiger partial charge >= 0.3 is 0 Å². The van der Waals surface area contributed by atoms with Gasteiger partial charge in [-0.05, 0) is 50.9 Å². The van der Waals surface area contributed by atoms with E-state index in [1.807, 2.05) is 0 Å². The maximum Gasteiger partial charge on any atom is 0.223 e. The van der Waals surface area contributed by atoms with Gasteiger partial charge in [0.05, 0.1) is 24.2 Å². The maximum atomic E-state index is 12.2. The van der Waals surface area contributed by atoms with Crippen LogP contribution in [0.5, 0.6) is 0 Å². The summed E-state index contributed by atoms with van der Waals surface area (Å²) >= 11 is 0. The Morgan fingerprint density at radius 2 is 1.95 bits per heavy atom. The number of aliphatic hydroxyl groups is 1. The number of rotatable bonds is 5. The third-order valence-electron chi connectivity index (χ3n) is 5.12. The molecule has 0 radical (unpaired) electrons. The second-order valence-electron chi connectivity index (χ2n) is 6.59. The van der Waals surface area contributed by atoms with Crippen LogP contribution >= 0.6 is 0 Å². The van der Waals surface area contributed by atoms with Crippen LogP contribution in [-0.2, 0) is 9.53 Å². The minimum Gasteiger partial charge on any atom is -0.394 e. The lowest BCUT2D eigenvalue weighted by atomic mass is 9.75. The molecule has 2 rings (SSSR count). The van der Waals surface area contributed by atoms with E-state index in [9.17, 15) is 9.90 Å². The molecule has 2 saturated carbocycles. The molecule has 0 aromatic carbocycles. The fraction of sp³-hybridized carbons (Fsp3) is 0.933. The number of aliphatic hydroxyl groups excluding tert-OH is 1. The van der Waals surface area contributed by atoms with Crippen LogP contribution in [0.3, 0.4) is 0 Å². The van der Waals surface area contributed by atoms with Crippen molar-refractivity contribution in [2.75, 3.05) is 13.7 Å². The summed E-state index contributed by atoms with van der Waals surface area (Å²) < 4.78 is 5.49. The van der Waals surface area contributed by atoms with E-state index < -0.39 is 0 Å². The molecule has 0 saturated heterocycles. The molecule has 0 unspecified atom stereocenters. The summed E-state index contributed by atoms with van der Waals surface area (Å²) in [5, 5.41) is 12.7. The fourth-order valence-electron chi connectivity index (χ4n) is 3.29. The Morgan fingerprint density at radius 3 is 2.37 bits per heavy atom. The highest BCUT2D eigenvalue weighted by molar-refractivity contribution is 5.78. The molecule has 2 fully saturated rings. The third kappa shape index (κ3) is 3.29. The van der Waals surface area contributed by atoms with E-state index in [0.29, 0.717) is 12.3 Å². The van der Waals surface area contributed by atoms with Gasteiger partial charge in [0.1, 0.15) is 0 Å². The molecule has 0 atom stereocenters. The zero-order valence-electron chi connectivity index (χ0n) is 12.2. The lowest BCUT2D eigenvalue weighted by Gasteiger charge is -2.42. The number of nitrogens with one attached hydrogen (secondary N) is 1. The number of amides is 1. The first-order valence-electron chi connectivity index (χ1n) is 7.50. The van der Waals surface area contributed by atoms with Crippen molar-refractivity contribution in [2.45, 2.75) is 69.4 Å². The van der Waals surface area contributed by atoms with Crippen LogP contribution in [0.15, 0.2) is 0 Å². The largest absolute Gasteiger partial charge is 0.394 e. The Morgan fingerprint density at radius 1 is 1.32 bits per heavy atom. The maximum absolute atomic E-state index is 12.2. The van der Waals surface area contributed by atoms with Gasteiger partial charge in [-0.1, -0.05) is 6.92 Å². The number of hydrogen-bond donors (Lipinski definition) is 2. The molecule has 2 aliphatic rings. The van der Waals surface area contributed by atoms with Gasteiger partial charge in [0.25, 0.3) is 0 Å². The van der Waals surface area contributed by atoms with Crippen molar-refractivity contribution in [3.63, 3.8) is 0 Å². The molecule has 0 aliphatic heterocycles. The molecule has 2 N–H and O–H groups in total. The fourth-order valence-corrected chi connectivity index (χ4v) is 3.29. The van der Waals surface area contributed by atoms with Gasteiger partial charge < -0.3 is 15.2 Å². The summed E-state index contributed by atoms with van der Waals surface area (Å²) in [7, 11) is 1.69. The molecule has 110 valence electrons. The lowest BCUT2D eigenvalue weighted by molar-refractivity contribution is -0.137. The molecule has 0 aromatic heterocycles. The number of carbonyl (C=O) groups excluding carboxylic acids is 1. The van der Waals surface area contributed by atoms with E-state index in [1.54, 1.807) is 7.11 Å². The van der Waals surface area contributed by atoms with Crippen molar-refractivity contribution in [1.29, 1.82) is 0 Å². The second-order valence-corrected chi connectivity index (χ2v) is 6.59. The Labute approximate surface area is 115 Å². The minimum absolute atomic E-state index is 0.0325. The van der Waals surface area contributed by atoms with Gasteiger partial charge in [0, 0.05) is 7.11 Å². The van der Waals surface area contributed by atoms with E-state index in [-0.39, 0.29) is 23.7 Å². The normalized spacial score (nSPS) is 33.5. The summed E-state index contributed by atoms with van der Waals surface area (Å²) in [6, 6.07) is 0. The molecule has 19 heavy (non-hydrogen) atoms. The molecule has 1 amide bonds. The highest BCUT2D eigenvalue weighted by atomic mass is 16.5. The standard InChI is InChI=1S/C15H27NO3/c1-12-4-8-14(11-17,9-5-12)16-13(18)10-15(19-2)6-3-7-15/h12,17H,3-11H2,1-2H3,(H,16,18). The van der Waals surface area contributed by atoms with Crippen LogP contribution in [0.25, 0.3) is 0 Å². The molecular formula is C15H27NO3. The average Bonchev–Trinajstić information content (AvgIpc) is 2.37. The Hall–Kier alpha value is -0.610. The van der Waals surface area contributed by atoms with Crippen molar-refractivity contribution in [3.05, 3.63) is 0 Å². The third-order valence-corrected chi connectivity index (χ3v) is 5.12. The number of hydrogen-bond acceptors (Lipinski definition) is 3. The number of methoxy groups -OCH3 is 1. The van der Waals surface area contributed by atoms with E-state index in [0.717, 1.165) is 44.9 Å². The van der Waals surface area contributed by atoms with Crippen LogP contribution in [0, 0.1) is 5.92 Å². The van der Waals surface area contributed by atoms with Crippen LogP contribution in [0.2, 0.25) is 0 Å². The van der Waals surface area contributed by atoms with Crippen molar-refractivity contribution in [1.82, 2.24) is 5.32 Å². The van der Waals surface area contributed by atoms with Gasteiger partial charge in [-0.15, -0.1) is 0 Å². The van der Waals surface area contributed by atoms with Gasteiger partial charge in [0.15, 0.2) is 0 Å². The predicted molar refractivity (Wildman–Crippen MR) is 73.8 cm³/mol. The quantitative estimate of drug-likeness (QED) is 0.802. The molecule has 0 spiro atoms. The Balaban J connectivity index is 1.89. The first kappa shape index (κ1) is 14.8. The number of ether oxygens (including phenoxy) is 1. The van der Waals surface area contributed by atoms with Crippen LogP contribution in [0.1, 0.15) is 58.3 Å². The highest BCUT2D eigenvalue weighted by Crippen LogP contribution is 2.38. The van der Waals surface area contributed by atoms with Crippen molar-refractivity contribution < 1.29 is 14.6 Å². The first-order valence-corrected chi connectivity index (χ1v) is 7.50. The summed E-state index contributed by atoms with van der Waals surface area (Å²) in [4.78, 5) is 12.2. The van der Waals surface area contributed by atoms with E-state index in [4.69, 9.17) is 4.74 Å². The van der Waals surface area contributed by atoms with Gasteiger partial charge in [-0.2, -0.15) is 0 Å². The Bertz CT molecular complexity index is 312. The smallest absolute Gasteiger partial charge is 0.223 e. The van der Waals surface area contributed by atoms with E-state index in [2.05, 4.69) is 12.2 Å². The molecule has 4 nitrogen and oxygen atoms in total. The van der Waals surface area contributed by atoms with Crippen molar-refractivity contribution >= 4 is 5.91 Å². The monoisotopic (exact) mass is 269 g/mol. The zero-order valence-corrected chi connectivity index (χ0v) is 12.2. The van der Waals surface area contributed by atoms with E-state index >= 15 is 0 Å². The Kier molecular flexibility index (Phi) is 4.51. The summed E-state index contributed by atoms with van der Waals surface area (Å²) in [5.74, 6) is 0.735. The van der Waals surface area contributed by atoms with Gasteiger partial charge in [0.2, 0.25) is 5.91 Å². The molecule has 2 aliphatic carbocycles. The second kappa shape index (κ2) is 5.80. The summed E-state index contributed by atoms with van der Waals surface area (Å²) in [6.45, 7) is 2.28. The molecule has 0 heterocycles. The molecular weight excluding hydrogens is 242 g/mol. The summed E-state index contributed by atoms with van der Waals surface area (Å²) in [5.41, 5.74) is -0.620. The van der Waals surface area contributed by atoms with Gasteiger partial charge in [-0.3, -0.25) is 4.79 Å². The highest BCUT2D eigenvalue weighted by Gasteiger charge is 2.41. The van der Waals surface area contributed by atoms with Crippen molar-refractivity contribution in [2.24, 2.45) is 5.92 Å². The van der Waals surface area contributed by atoms with Crippen LogP contribution < -0.4 is 5.32 Å². The minimum atomic E-state index is -0.387. The zero-order chi connectivity index (χ0) is 13.9. The molecule has 0 aromatic rings. The van der Waals surface area contributed by atoms with Crippen LogP contribution in [0.4, 0.5) is 0 Å². The molecule has 0 bridgehead atoms.